The van der Waals surface area contributed by atoms with Gasteiger partial charge in [-0.15, -0.1) is 0 Å². The average Bonchev–Trinajstić information content (AvgIpc) is 2.02. The zero-order valence-corrected chi connectivity index (χ0v) is 8.51. The van der Waals surface area contributed by atoms with Crippen LogP contribution in [-0.4, -0.2) is 9.97 Å². The van der Waals surface area contributed by atoms with Crippen molar-refractivity contribution in [3.8, 4) is 0 Å². The van der Waals surface area contributed by atoms with Crippen molar-refractivity contribution in [1.29, 1.82) is 0 Å². The van der Waals surface area contributed by atoms with Gasteiger partial charge in [0.1, 0.15) is 4.60 Å². The van der Waals surface area contributed by atoms with E-state index in [4.69, 9.17) is 5.73 Å². The lowest BCUT2D eigenvalue weighted by Gasteiger charge is -1.94. The number of halogens is 1. The lowest BCUT2D eigenvalue weighted by atomic mass is 10.5. The van der Waals surface area contributed by atoms with Crippen LogP contribution < -0.4 is 5.73 Å². The summed E-state index contributed by atoms with van der Waals surface area (Å²) in [4.78, 5) is 7.85. The van der Waals surface area contributed by atoms with E-state index in [0.717, 1.165) is 5.69 Å². The quantitative estimate of drug-likeness (QED) is 0.725. The third kappa shape index (κ3) is 3.32. The molecule has 0 saturated heterocycles. The lowest BCUT2D eigenvalue weighted by Crippen LogP contribution is -1.94. The van der Waals surface area contributed by atoms with Crippen LogP contribution in [0.4, 0.5) is 5.82 Å². The number of rotatable bonds is 0. The molecular formula is C7H12BrN3. The van der Waals surface area contributed by atoms with Crippen molar-refractivity contribution in [2.24, 2.45) is 0 Å². The molecule has 62 valence electrons. The molecule has 1 heterocycles. The summed E-state index contributed by atoms with van der Waals surface area (Å²) in [6, 6.07) is 0. The van der Waals surface area contributed by atoms with E-state index >= 15 is 0 Å². The highest BCUT2D eigenvalue weighted by molar-refractivity contribution is 9.10. The van der Waals surface area contributed by atoms with E-state index < -0.39 is 0 Å². The minimum Gasteiger partial charge on any atom is -0.381 e. The van der Waals surface area contributed by atoms with Crippen LogP contribution >= 0.6 is 15.9 Å². The summed E-state index contributed by atoms with van der Waals surface area (Å²) >= 11 is 3.15. The molecule has 0 atom stereocenters. The molecule has 3 nitrogen and oxygen atoms in total. The molecule has 0 unspecified atom stereocenters. The van der Waals surface area contributed by atoms with Gasteiger partial charge in [-0.25, -0.2) is 9.97 Å². The maximum atomic E-state index is 5.37. The van der Waals surface area contributed by atoms with Crippen LogP contribution in [0.3, 0.4) is 0 Å². The van der Waals surface area contributed by atoms with E-state index in [2.05, 4.69) is 25.9 Å². The largest absolute Gasteiger partial charge is 0.381 e. The molecule has 0 amide bonds. The Morgan fingerprint density at radius 3 is 2.36 bits per heavy atom. The third-order valence-electron chi connectivity index (χ3n) is 0.876. The molecule has 4 heteroatoms. The Morgan fingerprint density at radius 2 is 2.00 bits per heavy atom. The Balaban J connectivity index is 0.000000461. The van der Waals surface area contributed by atoms with Gasteiger partial charge >= 0.3 is 0 Å². The van der Waals surface area contributed by atoms with Gasteiger partial charge in [-0.3, -0.25) is 0 Å². The van der Waals surface area contributed by atoms with E-state index in [-0.39, 0.29) is 0 Å². The first-order valence-electron chi connectivity index (χ1n) is 3.45. The molecule has 0 saturated carbocycles. The first-order chi connectivity index (χ1) is 5.20. The molecule has 0 aromatic carbocycles. The lowest BCUT2D eigenvalue weighted by molar-refractivity contribution is 1.10. The Kier molecular flexibility index (Phi) is 4.77. The van der Waals surface area contributed by atoms with Crippen LogP contribution in [0.2, 0.25) is 0 Å². The maximum absolute atomic E-state index is 5.37. The van der Waals surface area contributed by atoms with Crippen molar-refractivity contribution in [3.05, 3.63) is 16.5 Å². The van der Waals surface area contributed by atoms with Crippen LogP contribution in [0.25, 0.3) is 0 Å². The van der Waals surface area contributed by atoms with Gasteiger partial charge in [0.05, 0.1) is 11.9 Å². The van der Waals surface area contributed by atoms with Crippen molar-refractivity contribution in [3.63, 3.8) is 0 Å². The SMILES string of the molecule is CC.Cc1cnc(N)c(Br)n1. The topological polar surface area (TPSA) is 51.8 Å². The fourth-order valence-corrected chi connectivity index (χ4v) is 0.839. The number of hydrogen-bond donors (Lipinski definition) is 1. The average molecular weight is 218 g/mol. The van der Waals surface area contributed by atoms with Gasteiger partial charge in [0.25, 0.3) is 0 Å². The standard InChI is InChI=1S/C5H6BrN3.C2H6/c1-3-2-8-5(7)4(6)9-3;1-2/h2H,1H3,(H2,7,8);1-2H3. The summed E-state index contributed by atoms with van der Waals surface area (Å²) in [5, 5.41) is 0. The molecule has 0 aliphatic carbocycles. The Hall–Kier alpha value is -0.640. The molecule has 0 aliphatic rings. The van der Waals surface area contributed by atoms with Gasteiger partial charge < -0.3 is 5.73 Å². The van der Waals surface area contributed by atoms with Crippen LogP contribution in [0.1, 0.15) is 19.5 Å². The van der Waals surface area contributed by atoms with Gasteiger partial charge in [0, 0.05) is 0 Å². The Bertz CT molecular complexity index is 225. The second-order valence-corrected chi connectivity index (χ2v) is 2.44. The number of nitrogens with zero attached hydrogens (tertiary/aromatic N) is 2. The first-order valence-corrected chi connectivity index (χ1v) is 4.24. The molecule has 0 fully saturated rings. The van der Waals surface area contributed by atoms with Gasteiger partial charge in [0.2, 0.25) is 0 Å². The van der Waals surface area contributed by atoms with Gasteiger partial charge in [-0.2, -0.15) is 0 Å². The molecule has 0 radical (unpaired) electrons. The highest BCUT2D eigenvalue weighted by Gasteiger charge is 1.95. The maximum Gasteiger partial charge on any atom is 0.156 e. The van der Waals surface area contributed by atoms with Crippen LogP contribution in [0.5, 0.6) is 0 Å². The predicted octanol–water partition coefficient (Wildman–Crippen LogP) is 2.16. The van der Waals surface area contributed by atoms with E-state index in [9.17, 15) is 0 Å². The first kappa shape index (κ1) is 10.4. The second-order valence-electron chi connectivity index (χ2n) is 1.69. The molecule has 11 heavy (non-hydrogen) atoms. The summed E-state index contributed by atoms with van der Waals surface area (Å²) in [7, 11) is 0. The van der Waals surface area contributed by atoms with Crippen molar-refractivity contribution in [1.82, 2.24) is 9.97 Å². The summed E-state index contributed by atoms with van der Waals surface area (Å²) < 4.78 is 0.613. The number of aromatic nitrogens is 2. The van der Waals surface area contributed by atoms with E-state index in [0.29, 0.717) is 10.4 Å². The van der Waals surface area contributed by atoms with E-state index in [1.165, 1.54) is 0 Å². The molecule has 1 aromatic heterocycles. The van der Waals surface area contributed by atoms with Crippen molar-refractivity contribution in [2.75, 3.05) is 5.73 Å². The van der Waals surface area contributed by atoms with E-state index in [1.807, 2.05) is 20.8 Å². The predicted molar refractivity (Wildman–Crippen MR) is 50.2 cm³/mol. The third-order valence-corrected chi connectivity index (χ3v) is 1.46. The smallest absolute Gasteiger partial charge is 0.156 e. The van der Waals surface area contributed by atoms with Gasteiger partial charge in [-0.05, 0) is 22.9 Å². The zero-order valence-electron chi connectivity index (χ0n) is 6.93. The fraction of sp³-hybridized carbons (Fsp3) is 0.429. The van der Waals surface area contributed by atoms with Gasteiger partial charge in [-0.1, -0.05) is 13.8 Å². The highest BCUT2D eigenvalue weighted by Crippen LogP contribution is 2.11. The van der Waals surface area contributed by atoms with Crippen LogP contribution in [0, 0.1) is 6.92 Å². The highest BCUT2D eigenvalue weighted by atomic mass is 79.9. The molecule has 1 aromatic rings. The molecule has 1 rings (SSSR count). The van der Waals surface area contributed by atoms with Gasteiger partial charge in [0.15, 0.2) is 5.82 Å². The molecule has 0 spiro atoms. The number of anilines is 1. The molecule has 0 bridgehead atoms. The second kappa shape index (κ2) is 5.07. The normalized spacial score (nSPS) is 8.36. The summed E-state index contributed by atoms with van der Waals surface area (Å²) in [5.74, 6) is 0.431. The summed E-state index contributed by atoms with van der Waals surface area (Å²) in [5.41, 5.74) is 6.23. The Morgan fingerprint density at radius 1 is 1.45 bits per heavy atom. The molecule has 0 aliphatic heterocycles. The van der Waals surface area contributed by atoms with Crippen LogP contribution in [-0.2, 0) is 0 Å². The molecular weight excluding hydrogens is 206 g/mol. The van der Waals surface area contributed by atoms with Crippen molar-refractivity contribution >= 4 is 21.7 Å². The number of nitrogen functional groups attached to an aromatic ring is 1. The van der Waals surface area contributed by atoms with Crippen molar-refractivity contribution in [2.45, 2.75) is 20.8 Å². The van der Waals surface area contributed by atoms with Crippen LogP contribution in [0.15, 0.2) is 10.8 Å². The fourth-order valence-electron chi connectivity index (χ4n) is 0.457. The summed E-state index contributed by atoms with van der Waals surface area (Å²) in [6.07, 6.45) is 1.63. The summed E-state index contributed by atoms with van der Waals surface area (Å²) in [6.45, 7) is 5.86. The minimum atomic E-state index is 0.431. The minimum absolute atomic E-state index is 0.431. The van der Waals surface area contributed by atoms with Crippen molar-refractivity contribution < 1.29 is 0 Å². The number of nitrogens with two attached hydrogens (primary N) is 1. The van der Waals surface area contributed by atoms with E-state index in [1.54, 1.807) is 6.20 Å². The number of aryl methyl sites for hydroxylation is 1. The number of hydrogen-bond acceptors (Lipinski definition) is 3. The molecule has 2 N–H and O–H groups in total. The Labute approximate surface area is 75.2 Å². The zero-order chi connectivity index (χ0) is 8.85. The monoisotopic (exact) mass is 217 g/mol.